The van der Waals surface area contributed by atoms with Crippen molar-refractivity contribution < 1.29 is 23.8 Å². The number of piperidine rings is 1. The summed E-state index contributed by atoms with van der Waals surface area (Å²) in [7, 11) is 0. The second kappa shape index (κ2) is 14.3. The van der Waals surface area contributed by atoms with Gasteiger partial charge in [-0.3, -0.25) is 24.7 Å². The molecule has 1 atom stereocenters. The van der Waals surface area contributed by atoms with Gasteiger partial charge in [0, 0.05) is 74.8 Å². The molecular formula is C43H48N6O5. The van der Waals surface area contributed by atoms with Crippen molar-refractivity contribution in [3.8, 4) is 17.5 Å². The highest BCUT2D eigenvalue weighted by Crippen LogP contribution is 2.36. The highest BCUT2D eigenvalue weighted by atomic mass is 16.5. The van der Waals surface area contributed by atoms with Crippen LogP contribution >= 0.6 is 0 Å². The Bertz CT molecular complexity index is 2000. The van der Waals surface area contributed by atoms with E-state index in [9.17, 15) is 9.59 Å². The predicted molar refractivity (Wildman–Crippen MR) is 203 cm³/mol. The van der Waals surface area contributed by atoms with Crippen LogP contribution in [0, 0.1) is 0 Å². The van der Waals surface area contributed by atoms with Crippen LogP contribution in [0.15, 0.2) is 79.0 Å². The van der Waals surface area contributed by atoms with E-state index in [1.165, 1.54) is 35.1 Å². The maximum absolute atomic E-state index is 12.4. The van der Waals surface area contributed by atoms with Crippen LogP contribution in [0.5, 0.6) is 17.5 Å². The van der Waals surface area contributed by atoms with Crippen LogP contribution in [0.1, 0.15) is 80.3 Å². The van der Waals surface area contributed by atoms with Crippen LogP contribution in [0.3, 0.4) is 0 Å². The Hall–Kier alpha value is -5.00. The van der Waals surface area contributed by atoms with E-state index in [1.54, 1.807) is 6.20 Å². The zero-order chi connectivity index (χ0) is 36.8. The molecule has 4 heterocycles. The fourth-order valence-electron chi connectivity index (χ4n) is 8.16. The number of fused-ring (bicyclic) bond motifs is 1. The van der Waals surface area contributed by atoms with E-state index in [4.69, 9.17) is 14.2 Å². The summed E-state index contributed by atoms with van der Waals surface area (Å²) in [5, 5.41) is 6.16. The first-order valence-electron chi connectivity index (χ1n) is 19.4. The summed E-state index contributed by atoms with van der Waals surface area (Å²) < 4.78 is 18.4. The predicted octanol–water partition coefficient (Wildman–Crippen LogP) is 5.75. The van der Waals surface area contributed by atoms with Gasteiger partial charge >= 0.3 is 6.01 Å². The molecular weight excluding hydrogens is 681 g/mol. The molecule has 2 saturated carbocycles. The molecule has 2 saturated heterocycles. The molecule has 11 heteroatoms. The highest BCUT2D eigenvalue weighted by Gasteiger charge is 2.39. The van der Waals surface area contributed by atoms with E-state index in [0.29, 0.717) is 31.5 Å². The third-order valence-corrected chi connectivity index (χ3v) is 11.8. The van der Waals surface area contributed by atoms with Crippen LogP contribution in [-0.4, -0.2) is 75.0 Å². The molecule has 280 valence electrons. The SMILES string of the molecule is CC(C)(c1ccc(OCc2ccnc(OC3CN(C4CC4)C3)n2)cc1)c1ccc(OC2CC(Nc3ccc4c(c3)CN(C3CCC(=O)NC3=O)C4)C2)cc1. The molecule has 0 spiro atoms. The van der Waals surface area contributed by atoms with Crippen molar-refractivity contribution >= 4 is 17.5 Å². The zero-order valence-corrected chi connectivity index (χ0v) is 31.0. The zero-order valence-electron chi connectivity index (χ0n) is 31.0. The molecule has 11 nitrogen and oxygen atoms in total. The van der Waals surface area contributed by atoms with Gasteiger partial charge in [-0.2, -0.15) is 4.98 Å². The lowest BCUT2D eigenvalue weighted by molar-refractivity contribution is -0.137. The molecule has 0 radical (unpaired) electrons. The minimum atomic E-state index is -0.241. The molecule has 4 fully saturated rings. The van der Waals surface area contributed by atoms with Crippen molar-refractivity contribution in [3.05, 3.63) is 107 Å². The third-order valence-electron chi connectivity index (χ3n) is 11.8. The molecule has 3 aliphatic heterocycles. The van der Waals surface area contributed by atoms with Crippen LogP contribution in [-0.2, 0) is 34.7 Å². The van der Waals surface area contributed by atoms with Gasteiger partial charge in [0.1, 0.15) is 30.3 Å². The van der Waals surface area contributed by atoms with E-state index in [1.807, 2.05) is 18.2 Å². The van der Waals surface area contributed by atoms with Gasteiger partial charge in [0.25, 0.3) is 0 Å². The summed E-state index contributed by atoms with van der Waals surface area (Å²) in [6.07, 6.45) is 7.58. The fourth-order valence-corrected chi connectivity index (χ4v) is 8.16. The Morgan fingerprint density at radius 2 is 1.54 bits per heavy atom. The maximum atomic E-state index is 12.4. The van der Waals surface area contributed by atoms with E-state index in [-0.39, 0.29) is 35.5 Å². The number of carbonyl (C=O) groups excluding carboxylic acids is 2. The van der Waals surface area contributed by atoms with Crippen molar-refractivity contribution in [2.75, 3.05) is 18.4 Å². The fraction of sp³-hybridized carbons (Fsp3) is 0.442. The minimum Gasteiger partial charge on any atom is -0.490 e. The molecule has 2 aliphatic carbocycles. The standard InChI is InChI=1S/C43H48N6O5/c1-43(2,29-4-11-35(12-5-29)52-26-32-17-18-44-42(46-32)54-38-24-48(25-38)34-9-10-34)30-6-13-36(14-7-30)53-37-20-33(21-37)45-31-8-3-27-22-49(23-28(27)19-31)39-15-16-40(50)47-41(39)51/h3-8,11-14,17-19,33-34,37-39,45H,9-10,15-16,20-26H2,1-2H3,(H,47,50,51). The van der Waals surface area contributed by atoms with Crippen molar-refractivity contribution in [1.82, 2.24) is 25.1 Å². The second-order valence-corrected chi connectivity index (χ2v) is 16.1. The molecule has 1 aromatic heterocycles. The summed E-state index contributed by atoms with van der Waals surface area (Å²) in [6, 6.07) is 26.5. The number of benzene rings is 3. The number of rotatable bonds is 13. The topological polar surface area (TPSA) is 118 Å². The molecule has 0 bridgehead atoms. The average molecular weight is 729 g/mol. The second-order valence-electron chi connectivity index (χ2n) is 16.1. The number of anilines is 1. The lowest BCUT2D eigenvalue weighted by atomic mass is 9.78. The molecule has 54 heavy (non-hydrogen) atoms. The van der Waals surface area contributed by atoms with Crippen LogP contribution < -0.4 is 24.8 Å². The van der Waals surface area contributed by atoms with E-state index in [0.717, 1.165) is 67.9 Å². The van der Waals surface area contributed by atoms with E-state index >= 15 is 0 Å². The van der Waals surface area contributed by atoms with Gasteiger partial charge in [-0.05, 0) is 84.0 Å². The van der Waals surface area contributed by atoms with Gasteiger partial charge < -0.3 is 19.5 Å². The van der Waals surface area contributed by atoms with Crippen molar-refractivity contribution in [3.63, 3.8) is 0 Å². The third kappa shape index (κ3) is 7.52. The lowest BCUT2D eigenvalue weighted by Gasteiger charge is -2.38. The lowest BCUT2D eigenvalue weighted by Crippen LogP contribution is -2.54. The number of aromatic nitrogens is 2. The minimum absolute atomic E-state index is 0.173. The molecule has 5 aliphatic rings. The summed E-state index contributed by atoms with van der Waals surface area (Å²) in [4.78, 5) is 37.5. The largest absolute Gasteiger partial charge is 0.490 e. The molecule has 3 aromatic carbocycles. The van der Waals surface area contributed by atoms with Gasteiger partial charge in [-0.1, -0.05) is 44.2 Å². The Morgan fingerprint density at radius 3 is 2.26 bits per heavy atom. The molecule has 1 unspecified atom stereocenters. The van der Waals surface area contributed by atoms with Crippen molar-refractivity contribution in [2.24, 2.45) is 0 Å². The van der Waals surface area contributed by atoms with Crippen molar-refractivity contribution in [1.29, 1.82) is 0 Å². The normalized spacial score (nSPS) is 23.2. The molecule has 2 N–H and O–H groups in total. The summed E-state index contributed by atoms with van der Waals surface area (Å²) in [6.45, 7) is 8.21. The first kappa shape index (κ1) is 34.7. The summed E-state index contributed by atoms with van der Waals surface area (Å²) in [5.74, 6) is 1.33. The first-order valence-corrected chi connectivity index (χ1v) is 19.4. The Balaban J connectivity index is 0.723. The average Bonchev–Trinajstić information content (AvgIpc) is 3.89. The first-order chi connectivity index (χ1) is 26.2. The Labute approximate surface area is 316 Å². The number of hydrogen-bond donors (Lipinski definition) is 2. The Morgan fingerprint density at radius 1 is 0.815 bits per heavy atom. The van der Waals surface area contributed by atoms with Gasteiger partial charge in [-0.15, -0.1) is 0 Å². The number of carbonyl (C=O) groups is 2. The van der Waals surface area contributed by atoms with Crippen LogP contribution in [0.2, 0.25) is 0 Å². The van der Waals surface area contributed by atoms with Crippen LogP contribution in [0.4, 0.5) is 5.69 Å². The number of amides is 2. The van der Waals surface area contributed by atoms with E-state index < -0.39 is 0 Å². The molecule has 4 aromatic rings. The number of nitrogens with zero attached hydrogens (tertiary/aromatic N) is 4. The maximum Gasteiger partial charge on any atom is 0.317 e. The number of likely N-dealkylation sites (tertiary alicyclic amines) is 1. The number of hydrogen-bond acceptors (Lipinski definition) is 10. The van der Waals surface area contributed by atoms with Gasteiger partial charge in [-0.25, -0.2) is 4.98 Å². The van der Waals surface area contributed by atoms with Crippen molar-refractivity contribution in [2.45, 2.75) is 108 Å². The number of nitrogens with one attached hydrogen (secondary N) is 2. The number of imide groups is 1. The van der Waals surface area contributed by atoms with Crippen LogP contribution in [0.25, 0.3) is 0 Å². The van der Waals surface area contributed by atoms with Gasteiger partial charge in [0.2, 0.25) is 11.8 Å². The molecule has 2 amide bonds. The number of ether oxygens (including phenoxy) is 3. The summed E-state index contributed by atoms with van der Waals surface area (Å²) in [5.41, 5.74) is 6.59. The quantitative estimate of drug-likeness (QED) is 0.165. The molecule has 9 rings (SSSR count). The smallest absolute Gasteiger partial charge is 0.317 e. The van der Waals surface area contributed by atoms with Gasteiger partial charge in [0.15, 0.2) is 0 Å². The highest BCUT2D eigenvalue weighted by molar-refractivity contribution is 6.00. The van der Waals surface area contributed by atoms with E-state index in [2.05, 4.69) is 98.8 Å². The Kier molecular flexibility index (Phi) is 9.23. The monoisotopic (exact) mass is 728 g/mol. The van der Waals surface area contributed by atoms with Gasteiger partial charge in [0.05, 0.1) is 11.7 Å². The summed E-state index contributed by atoms with van der Waals surface area (Å²) >= 11 is 0.